The van der Waals surface area contributed by atoms with Gasteiger partial charge in [0.05, 0.1) is 0 Å². The predicted molar refractivity (Wildman–Crippen MR) is 89.9 cm³/mol. The molecule has 126 valence electrons. The highest BCUT2D eigenvalue weighted by molar-refractivity contribution is 5.96. The number of furan rings is 1. The molecular weight excluding hydrogens is 323 g/mol. The van der Waals surface area contributed by atoms with Crippen LogP contribution in [0, 0.1) is 5.82 Å². The van der Waals surface area contributed by atoms with Gasteiger partial charge in [-0.25, -0.2) is 4.39 Å². The number of carbonyl (C=O) groups is 2. The Hall–Kier alpha value is -3.41. The first-order valence-electron chi connectivity index (χ1n) is 7.55. The van der Waals surface area contributed by atoms with Gasteiger partial charge in [-0.2, -0.15) is 0 Å². The lowest BCUT2D eigenvalue weighted by atomic mass is 10.1. The lowest BCUT2D eigenvalue weighted by molar-refractivity contribution is -0.120. The average molecular weight is 338 g/mol. The van der Waals surface area contributed by atoms with Gasteiger partial charge in [-0.15, -0.1) is 0 Å². The summed E-state index contributed by atoms with van der Waals surface area (Å²) in [6.45, 7) is 0. The van der Waals surface area contributed by atoms with Crippen LogP contribution in [0.2, 0.25) is 0 Å². The molecule has 0 fully saturated rings. The van der Waals surface area contributed by atoms with Gasteiger partial charge < -0.3 is 15.5 Å². The number of benzene rings is 2. The minimum atomic E-state index is -0.965. The summed E-state index contributed by atoms with van der Waals surface area (Å²) in [5.41, 5.74) is 6.60. The van der Waals surface area contributed by atoms with Gasteiger partial charge in [-0.05, 0) is 42.0 Å². The normalized spacial score (nSPS) is 11.7. The van der Waals surface area contributed by atoms with Gasteiger partial charge in [-0.3, -0.25) is 9.59 Å². The van der Waals surface area contributed by atoms with Crippen molar-refractivity contribution in [3.05, 3.63) is 83.9 Å². The summed E-state index contributed by atoms with van der Waals surface area (Å²) in [6.07, 6.45) is 0. The second kappa shape index (κ2) is 7.00. The Balaban J connectivity index is 1.79. The number of carbonyl (C=O) groups excluding carboxylic acids is 2. The van der Waals surface area contributed by atoms with Crippen LogP contribution in [0.3, 0.4) is 0 Å². The van der Waals surface area contributed by atoms with Gasteiger partial charge in [0.1, 0.15) is 17.6 Å². The zero-order chi connectivity index (χ0) is 17.8. The first kappa shape index (κ1) is 16.4. The van der Waals surface area contributed by atoms with Crippen molar-refractivity contribution in [3.63, 3.8) is 0 Å². The van der Waals surface area contributed by atoms with Crippen molar-refractivity contribution in [1.29, 1.82) is 0 Å². The average Bonchev–Trinajstić information content (AvgIpc) is 3.11. The molecule has 3 rings (SSSR count). The van der Waals surface area contributed by atoms with Crippen molar-refractivity contribution in [1.82, 2.24) is 5.32 Å². The van der Waals surface area contributed by atoms with Gasteiger partial charge in [0, 0.05) is 5.56 Å². The molecule has 0 aliphatic heterocycles. The molecule has 2 amide bonds. The molecule has 0 aliphatic rings. The maximum Gasteiger partial charge on any atom is 0.287 e. The standard InChI is InChI=1S/C19H15FN2O3/c20-14-8-6-12(7-9-14)15-10-11-16(25-15)19(24)22-17(18(21)23)13-4-2-1-3-5-13/h1-11,17H,(H2,21,23)(H,22,24)/t17-/m0/s1. The summed E-state index contributed by atoms with van der Waals surface area (Å²) >= 11 is 0. The molecule has 0 saturated carbocycles. The van der Waals surface area contributed by atoms with Crippen molar-refractivity contribution < 1.29 is 18.4 Å². The fourth-order valence-electron chi connectivity index (χ4n) is 2.40. The molecule has 1 atom stereocenters. The van der Waals surface area contributed by atoms with Crippen molar-refractivity contribution in [2.24, 2.45) is 5.73 Å². The first-order valence-corrected chi connectivity index (χ1v) is 7.55. The Morgan fingerprint density at radius 1 is 0.960 bits per heavy atom. The number of hydrogen-bond donors (Lipinski definition) is 2. The van der Waals surface area contributed by atoms with E-state index < -0.39 is 17.9 Å². The fourth-order valence-corrected chi connectivity index (χ4v) is 2.40. The van der Waals surface area contributed by atoms with Gasteiger partial charge in [-0.1, -0.05) is 30.3 Å². The maximum absolute atomic E-state index is 13.0. The molecule has 0 bridgehead atoms. The minimum absolute atomic E-state index is 0.0292. The molecule has 3 aromatic rings. The second-order valence-corrected chi connectivity index (χ2v) is 5.39. The number of nitrogens with one attached hydrogen (secondary N) is 1. The molecule has 6 heteroatoms. The smallest absolute Gasteiger partial charge is 0.287 e. The molecular formula is C19H15FN2O3. The van der Waals surface area contributed by atoms with E-state index in [0.29, 0.717) is 16.9 Å². The van der Waals surface area contributed by atoms with Crippen molar-refractivity contribution >= 4 is 11.8 Å². The van der Waals surface area contributed by atoms with Crippen LogP contribution in [0.25, 0.3) is 11.3 Å². The molecule has 0 spiro atoms. The molecule has 0 saturated heterocycles. The third-order valence-corrected chi connectivity index (χ3v) is 3.65. The number of nitrogens with two attached hydrogens (primary N) is 1. The van der Waals surface area contributed by atoms with Crippen LogP contribution in [-0.4, -0.2) is 11.8 Å². The minimum Gasteiger partial charge on any atom is -0.451 e. The molecule has 3 N–H and O–H groups in total. The fraction of sp³-hybridized carbons (Fsp3) is 0.0526. The van der Waals surface area contributed by atoms with Crippen LogP contribution in [0.4, 0.5) is 4.39 Å². The molecule has 0 unspecified atom stereocenters. The van der Waals surface area contributed by atoms with E-state index in [0.717, 1.165) is 0 Å². The zero-order valence-electron chi connectivity index (χ0n) is 13.1. The van der Waals surface area contributed by atoms with E-state index in [1.54, 1.807) is 48.5 Å². The second-order valence-electron chi connectivity index (χ2n) is 5.39. The maximum atomic E-state index is 13.0. The van der Waals surface area contributed by atoms with E-state index in [-0.39, 0.29) is 11.6 Å². The van der Waals surface area contributed by atoms with E-state index in [4.69, 9.17) is 10.2 Å². The molecule has 0 aliphatic carbocycles. The van der Waals surface area contributed by atoms with Crippen molar-refractivity contribution in [2.75, 3.05) is 0 Å². The molecule has 1 heterocycles. The van der Waals surface area contributed by atoms with E-state index in [2.05, 4.69) is 5.32 Å². The highest BCUT2D eigenvalue weighted by Gasteiger charge is 2.22. The summed E-state index contributed by atoms with van der Waals surface area (Å²) < 4.78 is 18.5. The number of rotatable bonds is 5. The van der Waals surface area contributed by atoms with Crippen LogP contribution in [0.5, 0.6) is 0 Å². The van der Waals surface area contributed by atoms with Gasteiger partial charge in [0.25, 0.3) is 5.91 Å². The van der Waals surface area contributed by atoms with Crippen LogP contribution in [0.1, 0.15) is 22.2 Å². The van der Waals surface area contributed by atoms with Gasteiger partial charge in [0.2, 0.25) is 5.91 Å². The molecule has 2 aromatic carbocycles. The molecule has 25 heavy (non-hydrogen) atoms. The summed E-state index contributed by atoms with van der Waals surface area (Å²) in [4.78, 5) is 24.0. The Morgan fingerprint density at radius 3 is 2.28 bits per heavy atom. The third kappa shape index (κ3) is 3.74. The van der Waals surface area contributed by atoms with Gasteiger partial charge in [0.15, 0.2) is 5.76 Å². The highest BCUT2D eigenvalue weighted by atomic mass is 19.1. The Bertz CT molecular complexity index is 889. The summed E-state index contributed by atoms with van der Waals surface area (Å²) in [7, 11) is 0. The van der Waals surface area contributed by atoms with Crippen LogP contribution >= 0.6 is 0 Å². The van der Waals surface area contributed by atoms with Crippen molar-refractivity contribution in [3.8, 4) is 11.3 Å². The predicted octanol–water partition coefficient (Wildman–Crippen LogP) is 3.04. The summed E-state index contributed by atoms with van der Waals surface area (Å²) in [5.74, 6) is -1.16. The number of primary amides is 1. The summed E-state index contributed by atoms with van der Waals surface area (Å²) in [6, 6.07) is 16.5. The number of halogens is 1. The number of hydrogen-bond acceptors (Lipinski definition) is 3. The van der Waals surface area contributed by atoms with E-state index in [1.165, 1.54) is 18.2 Å². The van der Waals surface area contributed by atoms with Crippen LogP contribution < -0.4 is 11.1 Å². The lowest BCUT2D eigenvalue weighted by Crippen LogP contribution is -2.37. The highest BCUT2D eigenvalue weighted by Crippen LogP contribution is 2.23. The van der Waals surface area contributed by atoms with E-state index in [1.807, 2.05) is 0 Å². The molecule has 0 radical (unpaired) electrons. The zero-order valence-corrected chi connectivity index (χ0v) is 13.1. The van der Waals surface area contributed by atoms with Crippen LogP contribution in [0.15, 0.2) is 71.1 Å². The topological polar surface area (TPSA) is 85.3 Å². The largest absolute Gasteiger partial charge is 0.451 e. The first-order chi connectivity index (χ1) is 12.0. The number of amides is 2. The Labute approximate surface area is 143 Å². The van der Waals surface area contributed by atoms with E-state index >= 15 is 0 Å². The molecule has 1 aromatic heterocycles. The monoisotopic (exact) mass is 338 g/mol. The van der Waals surface area contributed by atoms with Crippen molar-refractivity contribution in [2.45, 2.75) is 6.04 Å². The third-order valence-electron chi connectivity index (χ3n) is 3.65. The van der Waals surface area contributed by atoms with Gasteiger partial charge >= 0.3 is 0 Å². The quantitative estimate of drug-likeness (QED) is 0.750. The Kier molecular flexibility index (Phi) is 4.61. The van der Waals surface area contributed by atoms with E-state index in [9.17, 15) is 14.0 Å². The summed E-state index contributed by atoms with van der Waals surface area (Å²) in [5, 5.41) is 2.56. The lowest BCUT2D eigenvalue weighted by Gasteiger charge is -2.14. The van der Waals surface area contributed by atoms with Crippen LogP contribution in [-0.2, 0) is 4.79 Å². The Morgan fingerprint density at radius 2 is 1.64 bits per heavy atom. The SMILES string of the molecule is NC(=O)[C@@H](NC(=O)c1ccc(-c2ccc(F)cc2)o1)c1ccccc1. The molecule has 5 nitrogen and oxygen atoms in total.